The van der Waals surface area contributed by atoms with Crippen molar-refractivity contribution in [3.63, 3.8) is 0 Å². The first-order valence-corrected chi connectivity index (χ1v) is 17.0. The molecule has 0 rings (SSSR count). The average Bonchev–Trinajstić information content (AvgIpc) is 2.90. The van der Waals surface area contributed by atoms with Crippen LogP contribution in [0.4, 0.5) is 0 Å². The number of carbonyl (C=O) groups excluding carboxylic acids is 1. The predicted octanol–water partition coefficient (Wildman–Crippen LogP) is 10.3. The van der Waals surface area contributed by atoms with Gasteiger partial charge in [-0.15, -0.1) is 0 Å². The van der Waals surface area contributed by atoms with E-state index in [9.17, 15) is 9.90 Å². The molecular weight excluding hydrogens is 454 g/mol. The second kappa shape index (κ2) is 31.8. The van der Waals surface area contributed by atoms with E-state index in [-0.39, 0.29) is 6.61 Å². The van der Waals surface area contributed by atoms with Gasteiger partial charge in [-0.25, -0.2) is 0 Å². The monoisotopic (exact) mass is 524 g/mol. The maximum Gasteiger partial charge on any atom is 0.119 e. The minimum atomic E-state index is 0.276. The molecule has 0 aromatic rings. The minimum Gasteiger partial charge on any atom is -0.395 e. The number of rotatable bonds is 32. The van der Waals surface area contributed by atoms with Crippen LogP contribution in [0.25, 0.3) is 0 Å². The Morgan fingerprint density at radius 3 is 1.30 bits per heavy atom. The second-order valence-electron chi connectivity index (χ2n) is 11.8. The first kappa shape index (κ1) is 36.6. The third kappa shape index (κ3) is 28.4. The highest BCUT2D eigenvalue weighted by atomic mass is 16.3. The average molecular weight is 524 g/mol. The number of aliphatic hydroxyl groups is 1. The highest BCUT2D eigenvalue weighted by molar-refractivity contribution is 5.48. The van der Waals surface area contributed by atoms with Gasteiger partial charge in [-0.2, -0.15) is 0 Å². The van der Waals surface area contributed by atoms with Crippen LogP contribution in [0.2, 0.25) is 0 Å². The van der Waals surface area contributed by atoms with Crippen LogP contribution in [-0.4, -0.2) is 42.5 Å². The normalized spacial score (nSPS) is 11.7. The summed E-state index contributed by atoms with van der Waals surface area (Å²) in [6, 6.07) is 0. The maximum absolute atomic E-state index is 10.4. The largest absolute Gasteiger partial charge is 0.395 e. The van der Waals surface area contributed by atoms with Gasteiger partial charge in [0.1, 0.15) is 6.29 Å². The summed E-state index contributed by atoms with van der Waals surface area (Å²) in [7, 11) is 0. The number of hydrogen-bond donors (Lipinski definition) is 1. The lowest BCUT2D eigenvalue weighted by atomic mass is 9.89. The molecule has 0 saturated heterocycles. The van der Waals surface area contributed by atoms with E-state index in [0.717, 1.165) is 44.7 Å². The molecule has 0 aliphatic rings. The fourth-order valence-corrected chi connectivity index (χ4v) is 5.73. The molecule has 0 bridgehead atoms. The Morgan fingerprint density at radius 1 is 0.514 bits per heavy atom. The van der Waals surface area contributed by atoms with Crippen molar-refractivity contribution in [2.75, 3.05) is 26.2 Å². The number of hydrogen-bond acceptors (Lipinski definition) is 3. The molecule has 222 valence electrons. The van der Waals surface area contributed by atoms with Crippen LogP contribution in [0.15, 0.2) is 0 Å². The summed E-state index contributed by atoms with van der Waals surface area (Å²) in [6.45, 7) is 7.98. The van der Waals surface area contributed by atoms with Crippen molar-refractivity contribution in [3.05, 3.63) is 0 Å². The summed E-state index contributed by atoms with van der Waals surface area (Å²) < 4.78 is 0. The fraction of sp³-hybridized carbons (Fsp3) is 0.971. The minimum absolute atomic E-state index is 0.276. The highest BCUT2D eigenvalue weighted by Gasteiger charge is 2.09. The van der Waals surface area contributed by atoms with Crippen LogP contribution >= 0.6 is 0 Å². The van der Waals surface area contributed by atoms with Gasteiger partial charge in [-0.05, 0) is 38.3 Å². The van der Waals surface area contributed by atoms with Gasteiger partial charge in [-0.1, -0.05) is 155 Å². The lowest BCUT2D eigenvalue weighted by Gasteiger charge is -2.21. The summed E-state index contributed by atoms with van der Waals surface area (Å²) in [5.74, 6) is 0.982. The van der Waals surface area contributed by atoms with Crippen molar-refractivity contribution in [1.82, 2.24) is 4.90 Å². The maximum atomic E-state index is 10.4. The molecule has 0 saturated carbocycles. The molecule has 3 heteroatoms. The zero-order chi connectivity index (χ0) is 27.1. The van der Waals surface area contributed by atoms with E-state index in [0.29, 0.717) is 0 Å². The molecule has 0 heterocycles. The van der Waals surface area contributed by atoms with E-state index < -0.39 is 0 Å². The van der Waals surface area contributed by atoms with Crippen LogP contribution in [0.1, 0.15) is 181 Å². The van der Waals surface area contributed by atoms with Gasteiger partial charge < -0.3 is 14.8 Å². The predicted molar refractivity (Wildman–Crippen MR) is 164 cm³/mol. The Kier molecular flexibility index (Phi) is 31.5. The fourth-order valence-electron chi connectivity index (χ4n) is 5.73. The Morgan fingerprint density at radius 2 is 0.892 bits per heavy atom. The van der Waals surface area contributed by atoms with Gasteiger partial charge in [0.2, 0.25) is 0 Å². The smallest absolute Gasteiger partial charge is 0.119 e. The first-order chi connectivity index (χ1) is 18.3. The van der Waals surface area contributed by atoms with Crippen LogP contribution < -0.4 is 0 Å². The van der Waals surface area contributed by atoms with Crippen LogP contribution in [-0.2, 0) is 4.79 Å². The van der Waals surface area contributed by atoms with Gasteiger partial charge in [0.15, 0.2) is 0 Å². The number of aliphatic hydroxyl groups excluding tert-OH is 1. The summed E-state index contributed by atoms with van der Waals surface area (Å²) in [6.07, 6.45) is 36.1. The van der Waals surface area contributed by atoms with Crippen LogP contribution in [0.3, 0.4) is 0 Å². The van der Waals surface area contributed by atoms with Gasteiger partial charge >= 0.3 is 0 Å². The molecule has 0 aliphatic carbocycles. The summed E-state index contributed by atoms with van der Waals surface area (Å²) in [5.41, 5.74) is 0. The number of nitrogens with zero attached hydrogens (tertiary/aromatic N) is 1. The van der Waals surface area contributed by atoms with Gasteiger partial charge in [0.25, 0.3) is 0 Å². The second-order valence-corrected chi connectivity index (χ2v) is 11.8. The van der Waals surface area contributed by atoms with Gasteiger partial charge in [-0.3, -0.25) is 0 Å². The number of unbranched alkanes of at least 4 members (excludes halogenated alkanes) is 19. The summed E-state index contributed by atoms with van der Waals surface area (Å²) in [4.78, 5) is 12.8. The molecule has 0 aliphatic heterocycles. The van der Waals surface area contributed by atoms with E-state index in [1.165, 1.54) is 154 Å². The van der Waals surface area contributed by atoms with Gasteiger partial charge in [0.05, 0.1) is 6.61 Å². The van der Waals surface area contributed by atoms with Crippen molar-refractivity contribution >= 4 is 6.29 Å². The molecular formula is C34H69NO2. The molecule has 0 aromatic heterocycles. The first-order valence-electron chi connectivity index (χ1n) is 17.0. The van der Waals surface area contributed by atoms with Crippen molar-refractivity contribution in [1.29, 1.82) is 0 Å². The molecule has 1 N–H and O–H groups in total. The van der Waals surface area contributed by atoms with Crippen LogP contribution in [0, 0.1) is 5.92 Å². The topological polar surface area (TPSA) is 40.5 Å². The standard InChI is InChI=1S/C34H69NO2/c1-3-5-7-9-14-20-26-34(27-21-15-10-8-6-4-2)28-22-16-13-18-24-30-35(31-33-37)29-23-17-11-12-19-25-32-36/h32,34,37H,3-31,33H2,1-2H3. The quantitative estimate of drug-likeness (QED) is 0.0704. The molecule has 0 atom stereocenters. The van der Waals surface area contributed by atoms with Gasteiger partial charge in [0, 0.05) is 13.0 Å². The summed E-state index contributed by atoms with van der Waals surface area (Å²) in [5, 5.41) is 9.42. The third-order valence-electron chi connectivity index (χ3n) is 8.23. The van der Waals surface area contributed by atoms with E-state index in [2.05, 4.69) is 18.7 Å². The molecule has 0 radical (unpaired) electrons. The van der Waals surface area contributed by atoms with E-state index in [4.69, 9.17) is 0 Å². The van der Waals surface area contributed by atoms with E-state index >= 15 is 0 Å². The Labute approximate surface area is 233 Å². The Bertz CT molecular complexity index is 412. The molecule has 37 heavy (non-hydrogen) atoms. The molecule has 0 aromatic carbocycles. The van der Waals surface area contributed by atoms with Crippen molar-refractivity contribution in [2.24, 2.45) is 5.92 Å². The molecule has 0 amide bonds. The van der Waals surface area contributed by atoms with E-state index in [1.807, 2.05) is 0 Å². The number of carbonyl (C=O) groups is 1. The van der Waals surface area contributed by atoms with E-state index in [1.54, 1.807) is 0 Å². The Hall–Kier alpha value is -0.410. The molecule has 0 unspecified atom stereocenters. The van der Waals surface area contributed by atoms with Crippen molar-refractivity contribution < 1.29 is 9.90 Å². The molecule has 0 spiro atoms. The van der Waals surface area contributed by atoms with Crippen LogP contribution in [0.5, 0.6) is 0 Å². The third-order valence-corrected chi connectivity index (χ3v) is 8.23. The Balaban J connectivity index is 3.96. The zero-order valence-corrected chi connectivity index (χ0v) is 25.7. The lowest BCUT2D eigenvalue weighted by Crippen LogP contribution is -2.29. The SMILES string of the molecule is CCCCCCCCC(CCCCCCCC)CCCCCCCN(CCO)CCCCCCCC=O. The van der Waals surface area contributed by atoms with Crippen molar-refractivity contribution in [3.8, 4) is 0 Å². The number of aldehydes is 1. The zero-order valence-electron chi connectivity index (χ0n) is 25.7. The molecule has 0 fully saturated rings. The lowest BCUT2D eigenvalue weighted by molar-refractivity contribution is -0.107. The van der Waals surface area contributed by atoms with Crippen molar-refractivity contribution in [2.45, 2.75) is 181 Å². The highest BCUT2D eigenvalue weighted by Crippen LogP contribution is 2.24. The molecule has 3 nitrogen and oxygen atoms in total. The summed E-state index contributed by atoms with van der Waals surface area (Å²) >= 11 is 0.